The first kappa shape index (κ1) is 9.89. The molecule has 0 aliphatic rings. The van der Waals surface area contributed by atoms with Gasteiger partial charge < -0.3 is 5.11 Å². The molecule has 0 aliphatic heterocycles. The Morgan fingerprint density at radius 2 is 1.83 bits per heavy atom. The summed E-state index contributed by atoms with van der Waals surface area (Å²) >= 11 is 0. The second kappa shape index (κ2) is 4.16. The summed E-state index contributed by atoms with van der Waals surface area (Å²) in [6.07, 6.45) is 1.67. The van der Waals surface area contributed by atoms with Crippen molar-refractivity contribution in [1.82, 2.24) is 4.98 Å². The smallest absolute Gasteiger partial charge is 0.141 e. The number of pyridine rings is 1. The van der Waals surface area contributed by atoms with Gasteiger partial charge in [0.1, 0.15) is 11.3 Å². The van der Waals surface area contributed by atoms with Crippen molar-refractivity contribution in [1.29, 1.82) is 0 Å². The third kappa shape index (κ3) is 1.76. The van der Waals surface area contributed by atoms with Gasteiger partial charge in [0.15, 0.2) is 0 Å². The average molecular weight is 285 g/mol. The summed E-state index contributed by atoms with van der Waals surface area (Å²) in [4.78, 5) is 4.03. The molecule has 12 heavy (non-hydrogen) atoms. The van der Waals surface area contributed by atoms with Gasteiger partial charge >= 0.3 is 0 Å². The van der Waals surface area contributed by atoms with Crippen molar-refractivity contribution in [2.24, 2.45) is 0 Å². The summed E-state index contributed by atoms with van der Waals surface area (Å²) in [6.45, 7) is 0. The zero-order chi connectivity index (χ0) is 7.68. The number of aromatic nitrogens is 1. The van der Waals surface area contributed by atoms with Gasteiger partial charge in [-0.1, -0.05) is 18.2 Å². The molecule has 2 nitrogen and oxygen atoms in total. The average Bonchev–Trinajstić information content (AvgIpc) is 2.06. The molecule has 0 saturated carbocycles. The number of benzene rings is 1. The maximum absolute atomic E-state index is 9.31. The van der Waals surface area contributed by atoms with E-state index < -0.39 is 0 Å². The van der Waals surface area contributed by atoms with E-state index in [1.807, 2.05) is 18.2 Å². The van der Waals surface area contributed by atoms with Crippen molar-refractivity contribution in [2.75, 3.05) is 0 Å². The van der Waals surface area contributed by atoms with Gasteiger partial charge in [-0.2, -0.15) is 0 Å². The molecular weight excluding hydrogens is 278 g/mol. The van der Waals surface area contributed by atoms with Crippen LogP contribution >= 0.6 is 0 Å². The minimum absolute atomic E-state index is 0. The summed E-state index contributed by atoms with van der Waals surface area (Å²) in [5, 5.41) is 10.3. The quantitative estimate of drug-likeness (QED) is 0.802. The molecule has 2 rings (SSSR count). The van der Waals surface area contributed by atoms with Crippen molar-refractivity contribution in [3.05, 3.63) is 36.5 Å². The van der Waals surface area contributed by atoms with Crippen LogP contribution in [0, 0.1) is 41.7 Å². The fraction of sp³-hybridized carbons (Fsp3) is 0. The van der Waals surface area contributed by atoms with Crippen LogP contribution in [-0.2, 0) is 0 Å². The van der Waals surface area contributed by atoms with Gasteiger partial charge in [-0.3, -0.25) is 4.98 Å². The summed E-state index contributed by atoms with van der Waals surface area (Å²) in [5.41, 5.74) is 0.662. The van der Waals surface area contributed by atoms with Gasteiger partial charge in [0, 0.05) is 53.3 Å². The molecule has 0 saturated heterocycles. The Bertz CT molecular complexity index is 384. The van der Waals surface area contributed by atoms with Gasteiger partial charge in [0.2, 0.25) is 0 Å². The molecule has 58 valence electrons. The van der Waals surface area contributed by atoms with E-state index in [1.54, 1.807) is 18.3 Å². The molecule has 2 aromatic rings. The first-order valence-corrected chi connectivity index (χ1v) is 3.40. The third-order valence-electron chi connectivity index (χ3n) is 1.61. The van der Waals surface area contributed by atoms with Gasteiger partial charge in [-0.25, -0.2) is 0 Å². The van der Waals surface area contributed by atoms with Crippen LogP contribution in [0.2, 0.25) is 0 Å². The zero-order valence-corrected chi connectivity index (χ0v) is 9.50. The molecule has 1 aromatic carbocycles. The molecule has 1 aromatic heterocycles. The molecule has 0 radical (unpaired) electrons. The fourth-order valence-electron chi connectivity index (χ4n) is 1.09. The van der Waals surface area contributed by atoms with Gasteiger partial charge in [-0.15, -0.1) is 0 Å². The second-order valence-corrected chi connectivity index (χ2v) is 2.35. The fourth-order valence-corrected chi connectivity index (χ4v) is 1.09. The molecular formula is C9H7CeNO. The molecule has 3 heteroatoms. The van der Waals surface area contributed by atoms with Crippen molar-refractivity contribution in [3.63, 3.8) is 0 Å². The van der Waals surface area contributed by atoms with Gasteiger partial charge in [0.25, 0.3) is 0 Å². The molecule has 0 atom stereocenters. The molecule has 1 N–H and O–H groups in total. The predicted octanol–water partition coefficient (Wildman–Crippen LogP) is 1.94. The van der Waals surface area contributed by atoms with E-state index in [9.17, 15) is 5.11 Å². The van der Waals surface area contributed by atoms with E-state index in [0.717, 1.165) is 5.39 Å². The summed E-state index contributed by atoms with van der Waals surface area (Å²) < 4.78 is 0. The van der Waals surface area contributed by atoms with Crippen molar-refractivity contribution in [3.8, 4) is 5.75 Å². The molecule has 0 bridgehead atoms. The number of aromatic hydroxyl groups is 1. The van der Waals surface area contributed by atoms with E-state index in [0.29, 0.717) is 5.52 Å². The SMILES string of the molecule is Oc1cccc2cccnc12.[Ce]. The molecule has 1 heterocycles. The van der Waals surface area contributed by atoms with E-state index in [1.165, 1.54) is 0 Å². The van der Waals surface area contributed by atoms with E-state index in [-0.39, 0.29) is 47.5 Å². The Morgan fingerprint density at radius 1 is 1.08 bits per heavy atom. The van der Waals surface area contributed by atoms with Crippen molar-refractivity contribution in [2.45, 2.75) is 0 Å². The maximum Gasteiger partial charge on any atom is 0.141 e. The maximum atomic E-state index is 9.31. The standard InChI is InChI=1S/C9H7NO.Ce/c11-8-5-1-3-7-4-2-6-10-9(7)8;/h1-6,11H;. The number of hydrogen-bond acceptors (Lipinski definition) is 2. The molecule has 0 unspecified atom stereocenters. The molecule has 0 fully saturated rings. The van der Waals surface area contributed by atoms with Crippen LogP contribution in [0.3, 0.4) is 0 Å². The minimum Gasteiger partial charge on any atom is -0.506 e. The Hall–Kier alpha value is -0.193. The Morgan fingerprint density at radius 3 is 2.58 bits per heavy atom. The van der Waals surface area contributed by atoms with Gasteiger partial charge in [-0.05, 0) is 12.1 Å². The Balaban J connectivity index is 0.000000720. The van der Waals surface area contributed by atoms with Crippen LogP contribution in [0.4, 0.5) is 0 Å². The van der Waals surface area contributed by atoms with Crippen molar-refractivity contribution >= 4 is 10.9 Å². The van der Waals surface area contributed by atoms with E-state index in [2.05, 4.69) is 4.98 Å². The Kier molecular flexibility index (Phi) is 3.43. The summed E-state index contributed by atoms with van der Waals surface area (Å²) in [6, 6.07) is 9.13. The number of para-hydroxylation sites is 1. The molecule has 0 amide bonds. The number of phenolic OH excluding ortho intramolecular Hbond substituents is 1. The normalized spacial score (nSPS) is 9.33. The monoisotopic (exact) mass is 285 g/mol. The molecule has 0 aliphatic carbocycles. The Labute approximate surface area is 104 Å². The van der Waals surface area contributed by atoms with Crippen LogP contribution in [0.1, 0.15) is 0 Å². The number of fused-ring (bicyclic) bond motifs is 1. The van der Waals surface area contributed by atoms with Gasteiger partial charge in [0.05, 0.1) is 0 Å². The van der Waals surface area contributed by atoms with E-state index >= 15 is 0 Å². The van der Waals surface area contributed by atoms with E-state index in [4.69, 9.17) is 0 Å². The largest absolute Gasteiger partial charge is 0.506 e. The van der Waals surface area contributed by atoms with Crippen LogP contribution in [0.15, 0.2) is 36.5 Å². The number of rotatable bonds is 0. The summed E-state index contributed by atoms with van der Waals surface area (Å²) in [7, 11) is 0. The third-order valence-corrected chi connectivity index (χ3v) is 1.61. The first-order valence-electron chi connectivity index (χ1n) is 3.40. The summed E-state index contributed by atoms with van der Waals surface area (Å²) in [5.74, 6) is 0.239. The van der Waals surface area contributed by atoms with Crippen LogP contribution in [0.5, 0.6) is 5.75 Å². The predicted molar refractivity (Wildman–Crippen MR) is 43.4 cm³/mol. The number of nitrogens with zero attached hydrogens (tertiary/aromatic N) is 1. The van der Waals surface area contributed by atoms with Crippen LogP contribution in [-0.4, -0.2) is 10.1 Å². The minimum atomic E-state index is 0. The number of phenols is 1. The van der Waals surface area contributed by atoms with Crippen LogP contribution < -0.4 is 0 Å². The topological polar surface area (TPSA) is 33.1 Å². The van der Waals surface area contributed by atoms with Crippen LogP contribution in [0.25, 0.3) is 10.9 Å². The zero-order valence-electron chi connectivity index (χ0n) is 6.36. The second-order valence-electron chi connectivity index (χ2n) is 2.35. The first-order chi connectivity index (χ1) is 5.38. The van der Waals surface area contributed by atoms with Crippen molar-refractivity contribution < 1.29 is 46.9 Å². The molecule has 0 spiro atoms. The number of hydrogen-bond donors (Lipinski definition) is 1.